The number of aromatic nitrogens is 5. The number of piperidine rings is 1. The number of aliphatic hydroxyl groups is 1. The minimum absolute atomic E-state index is 0.00434. The van der Waals surface area contributed by atoms with Gasteiger partial charge in [-0.2, -0.15) is 13.2 Å². The van der Waals surface area contributed by atoms with Gasteiger partial charge in [0.05, 0.1) is 18.0 Å². The molecular weight excluding hydrogens is 900 g/mol. The van der Waals surface area contributed by atoms with Gasteiger partial charge in [-0.3, -0.25) is 24.2 Å². The summed E-state index contributed by atoms with van der Waals surface area (Å²) < 4.78 is 45.2. The second-order valence-corrected chi connectivity index (χ2v) is 20.7. The summed E-state index contributed by atoms with van der Waals surface area (Å²) in [6, 6.07) is 14.7. The Kier molecular flexibility index (Phi) is 12.7. The topological polar surface area (TPSA) is 171 Å². The number of nitrogens with one attached hydrogen (secondary N) is 1. The fourth-order valence-corrected chi connectivity index (χ4v) is 10.9. The Bertz CT molecular complexity index is 2940. The Hall–Kier alpha value is -6.53. The van der Waals surface area contributed by atoms with Gasteiger partial charge in [0.25, 0.3) is 11.5 Å². The second kappa shape index (κ2) is 18.3. The number of nitrogens with zero attached hydrogens (tertiary/aromatic N) is 9. The minimum atomic E-state index is -4.43. The number of primary amides is 1. The number of carbonyl (C=O) groups is 2. The number of alkyl halides is 3. The number of fused-ring (bicyclic) bond motifs is 3. The molecule has 9 rings (SSSR count). The third-order valence-electron chi connectivity index (χ3n) is 14.8. The minimum Gasteiger partial charge on any atom is -0.392 e. The van der Waals surface area contributed by atoms with Gasteiger partial charge < -0.3 is 35.1 Å². The van der Waals surface area contributed by atoms with E-state index in [0.717, 1.165) is 58.3 Å². The standard InChI is InChI=1S/C52H62F3N11O4/c1-31-23-36(16-18-64(31)45-10-8-9-43(60-45)51(5,6)52(53,54)55)62-19-20-63(32(2)28-62)40-13-12-35(24-33(40)11-14-44(56)68)58-46-49(70)61(7)29-39(59-46)37-15-17-57-47(38(37)30-67)66-22-21-65-41(48(66)69)25-34-26-50(3,4)27-42(34)65/h8-15,17,24-25,29,31-32,36,67H,16,18-23,26-28,30H2,1-7H3,(H2,56,68)(H,58,59)/t31-,32+,36?/m1/s1. The van der Waals surface area contributed by atoms with E-state index in [2.05, 4.69) is 62.2 Å². The predicted octanol–water partition coefficient (Wildman–Crippen LogP) is 6.97. The zero-order valence-corrected chi connectivity index (χ0v) is 40.8. The van der Waals surface area contributed by atoms with Crippen LogP contribution in [-0.4, -0.2) is 103 Å². The van der Waals surface area contributed by atoms with Crippen molar-refractivity contribution in [1.29, 1.82) is 0 Å². The summed E-state index contributed by atoms with van der Waals surface area (Å²) in [4.78, 5) is 62.2. The molecule has 0 saturated carbocycles. The van der Waals surface area contributed by atoms with Gasteiger partial charge >= 0.3 is 6.18 Å². The molecule has 15 nitrogen and oxygen atoms in total. The van der Waals surface area contributed by atoms with Crippen LogP contribution in [0.5, 0.6) is 0 Å². The van der Waals surface area contributed by atoms with E-state index in [-0.39, 0.29) is 41.0 Å². The van der Waals surface area contributed by atoms with Gasteiger partial charge in [-0.05, 0) is 113 Å². The van der Waals surface area contributed by atoms with Crippen LogP contribution in [0, 0.1) is 5.41 Å². The Labute approximate surface area is 405 Å². The highest BCUT2D eigenvalue weighted by Gasteiger charge is 2.50. The van der Waals surface area contributed by atoms with Gasteiger partial charge in [-0.15, -0.1) is 0 Å². The van der Waals surface area contributed by atoms with Crippen molar-refractivity contribution in [3.63, 3.8) is 0 Å². The van der Waals surface area contributed by atoms with Crippen molar-refractivity contribution >= 4 is 46.7 Å². The van der Waals surface area contributed by atoms with Crippen LogP contribution in [0.3, 0.4) is 0 Å². The lowest BCUT2D eigenvalue weighted by atomic mass is 9.88. The maximum absolute atomic E-state index is 14.1. The Morgan fingerprint density at radius 3 is 2.47 bits per heavy atom. The quantitative estimate of drug-likeness (QED) is 0.117. The van der Waals surface area contributed by atoms with Gasteiger partial charge in [0.2, 0.25) is 5.91 Å². The second-order valence-electron chi connectivity index (χ2n) is 20.7. The van der Waals surface area contributed by atoms with Crippen LogP contribution in [0.25, 0.3) is 17.3 Å². The highest BCUT2D eigenvalue weighted by Crippen LogP contribution is 2.42. The first kappa shape index (κ1) is 48.5. The molecule has 4 aromatic heterocycles. The van der Waals surface area contributed by atoms with Crippen LogP contribution in [0.4, 0.5) is 42.0 Å². The third-order valence-corrected chi connectivity index (χ3v) is 14.8. The maximum Gasteiger partial charge on any atom is 0.399 e. The number of benzene rings is 1. The SMILES string of the molecule is C[C@@H]1CC(N2CCN(c3ccc(Nc4nc(-c5ccnc(N6CCn7c(cc8c7CC(C)(C)C8)C6=O)c5CO)cn(C)c4=O)cc3C=CC(N)=O)[C@@H](C)C2)CCN1c1cccc(C(C)(C)C(F)(F)F)n1. The van der Waals surface area contributed by atoms with Gasteiger partial charge in [0.1, 0.15) is 22.7 Å². The summed E-state index contributed by atoms with van der Waals surface area (Å²) in [5, 5.41) is 14.1. The fourth-order valence-electron chi connectivity index (χ4n) is 10.9. The highest BCUT2D eigenvalue weighted by atomic mass is 19.4. The summed E-state index contributed by atoms with van der Waals surface area (Å²) >= 11 is 0. The summed E-state index contributed by atoms with van der Waals surface area (Å²) in [7, 11) is 1.62. The molecule has 1 unspecified atom stereocenters. The molecule has 4 N–H and O–H groups in total. The summed E-state index contributed by atoms with van der Waals surface area (Å²) in [5.74, 6) is 0.139. The van der Waals surface area contributed by atoms with Crippen molar-refractivity contribution < 1.29 is 27.9 Å². The van der Waals surface area contributed by atoms with Crippen molar-refractivity contribution in [3.05, 3.63) is 111 Å². The fraction of sp³-hybridized carbons (Fsp3) is 0.462. The summed E-state index contributed by atoms with van der Waals surface area (Å²) in [5.41, 5.74) is 9.76. The monoisotopic (exact) mass is 961 g/mol. The number of halogens is 3. The molecule has 3 aliphatic heterocycles. The Morgan fingerprint density at radius 1 is 0.971 bits per heavy atom. The number of nitrogens with two attached hydrogens (primary N) is 1. The third kappa shape index (κ3) is 9.06. The van der Waals surface area contributed by atoms with Crippen LogP contribution in [0.1, 0.15) is 93.0 Å². The van der Waals surface area contributed by atoms with Crippen molar-refractivity contribution in [2.24, 2.45) is 18.2 Å². The van der Waals surface area contributed by atoms with Crippen LogP contribution in [-0.2, 0) is 43.3 Å². The Morgan fingerprint density at radius 2 is 1.76 bits per heavy atom. The molecular formula is C52H62F3N11O4. The number of hydrogen-bond acceptors (Lipinski definition) is 11. The van der Waals surface area contributed by atoms with Crippen molar-refractivity contribution in [1.82, 2.24) is 29.0 Å². The van der Waals surface area contributed by atoms with E-state index in [1.165, 1.54) is 28.0 Å². The van der Waals surface area contributed by atoms with E-state index in [4.69, 9.17) is 10.7 Å². The number of aryl methyl sites for hydroxylation is 1. The number of carbonyl (C=O) groups excluding carboxylic acids is 2. The first-order chi connectivity index (χ1) is 33.1. The number of pyridine rings is 2. The number of aliphatic hydroxyl groups excluding tert-OH is 1. The molecule has 0 spiro atoms. The molecule has 2 amide bonds. The van der Waals surface area contributed by atoms with E-state index >= 15 is 0 Å². The molecule has 0 radical (unpaired) electrons. The van der Waals surface area contributed by atoms with Crippen LogP contribution < -0.4 is 31.3 Å². The number of amides is 2. The molecule has 2 fully saturated rings. The first-order valence-electron chi connectivity index (χ1n) is 24.0. The van der Waals surface area contributed by atoms with E-state index < -0.39 is 29.7 Å². The first-order valence-corrected chi connectivity index (χ1v) is 24.0. The molecule has 1 aliphatic carbocycles. The van der Waals surface area contributed by atoms with E-state index in [1.807, 2.05) is 24.3 Å². The zero-order chi connectivity index (χ0) is 50.0. The average Bonchev–Trinajstić information content (AvgIpc) is 3.81. The highest BCUT2D eigenvalue weighted by molar-refractivity contribution is 6.06. The van der Waals surface area contributed by atoms with E-state index in [0.29, 0.717) is 71.6 Å². The van der Waals surface area contributed by atoms with Gasteiger partial charge in [-0.1, -0.05) is 19.9 Å². The van der Waals surface area contributed by atoms with Crippen LogP contribution in [0.15, 0.2) is 71.8 Å². The van der Waals surface area contributed by atoms with E-state index in [9.17, 15) is 32.7 Å². The van der Waals surface area contributed by atoms with Gasteiger partial charge in [0, 0.05) is 117 Å². The maximum atomic E-state index is 14.1. The normalized spacial score (nSPS) is 20.8. The molecule has 1 aromatic carbocycles. The van der Waals surface area contributed by atoms with Crippen LogP contribution in [0.2, 0.25) is 0 Å². The molecule has 0 bridgehead atoms. The van der Waals surface area contributed by atoms with Gasteiger partial charge in [0.15, 0.2) is 5.82 Å². The zero-order valence-electron chi connectivity index (χ0n) is 40.8. The number of piperazine rings is 1. The lowest BCUT2D eigenvalue weighted by Gasteiger charge is -2.48. The molecule has 4 aliphatic rings. The number of rotatable bonds is 11. The molecule has 7 heterocycles. The number of anilines is 5. The Balaban J connectivity index is 0.914. The smallest absolute Gasteiger partial charge is 0.392 e. The molecule has 18 heteroatoms. The molecule has 70 heavy (non-hydrogen) atoms. The molecule has 2 saturated heterocycles. The summed E-state index contributed by atoms with van der Waals surface area (Å²) in [6.45, 7) is 14.5. The predicted molar refractivity (Wildman–Crippen MR) is 265 cm³/mol. The summed E-state index contributed by atoms with van der Waals surface area (Å²) in [6.07, 6.45) is 5.21. The van der Waals surface area contributed by atoms with Gasteiger partial charge in [-0.25, -0.2) is 15.0 Å². The molecule has 5 aromatic rings. The average molecular weight is 962 g/mol. The molecule has 370 valence electrons. The largest absolute Gasteiger partial charge is 0.399 e. The lowest BCUT2D eigenvalue weighted by Crippen LogP contribution is -2.58. The van der Waals surface area contributed by atoms with Crippen molar-refractivity contribution in [2.75, 3.05) is 52.7 Å². The number of hydrogen-bond donors (Lipinski definition) is 3. The van der Waals surface area contributed by atoms with Crippen molar-refractivity contribution in [2.45, 2.75) is 110 Å². The van der Waals surface area contributed by atoms with Crippen molar-refractivity contribution in [3.8, 4) is 11.3 Å². The molecule has 3 atom stereocenters. The van der Waals surface area contributed by atoms with Crippen LogP contribution >= 0.6 is 0 Å². The lowest BCUT2D eigenvalue weighted by molar-refractivity contribution is -0.181. The van der Waals surface area contributed by atoms with E-state index in [1.54, 1.807) is 48.6 Å².